The number of hydrogen-bond donors (Lipinski definition) is 1. The second kappa shape index (κ2) is 8.58. The molecule has 2 heterocycles. The molecule has 0 aliphatic rings. The van der Waals surface area contributed by atoms with Crippen molar-refractivity contribution in [1.82, 2.24) is 19.6 Å². The molecule has 174 valence electrons. The lowest BCUT2D eigenvalue weighted by Gasteiger charge is -2.26. The van der Waals surface area contributed by atoms with Gasteiger partial charge in [-0.05, 0) is 75.6 Å². The van der Waals surface area contributed by atoms with Gasteiger partial charge in [-0.1, -0.05) is 0 Å². The number of rotatable bonds is 7. The fourth-order valence-electron chi connectivity index (χ4n) is 3.78. The van der Waals surface area contributed by atoms with E-state index in [4.69, 9.17) is 0 Å². The molecule has 4 rings (SSSR count). The summed E-state index contributed by atoms with van der Waals surface area (Å²) in [5.74, 6) is -0.519. The third kappa shape index (κ3) is 4.90. The monoisotopic (exact) mass is 461 g/mol. The van der Waals surface area contributed by atoms with E-state index in [1.165, 1.54) is 24.3 Å². The average Bonchev–Trinajstić information content (AvgIpc) is 3.09. The lowest BCUT2D eigenvalue weighted by molar-refractivity contribution is 0.0714. The third-order valence-corrected chi connectivity index (χ3v) is 5.31. The predicted octanol–water partition coefficient (Wildman–Crippen LogP) is 4.97. The number of hydrogen-bond acceptors (Lipinski definition) is 5. The minimum absolute atomic E-state index is 0.0174. The molecule has 2 aromatic carbocycles. The summed E-state index contributed by atoms with van der Waals surface area (Å²) in [5, 5.41) is 18.2. The molecule has 0 unspecified atom stereocenters. The zero-order chi connectivity index (χ0) is 23.9. The Labute approximate surface area is 187 Å². The molecule has 0 bridgehead atoms. The maximum absolute atomic E-state index is 14.5. The number of aromatic nitrogens is 4. The number of aryl methyl sites for hydroxylation is 2. The highest BCUT2D eigenvalue weighted by Gasteiger charge is 2.23. The Bertz CT molecular complexity index is 1320. The van der Waals surface area contributed by atoms with Crippen LogP contribution >= 0.6 is 0 Å². The van der Waals surface area contributed by atoms with Gasteiger partial charge < -0.3 is 10.0 Å². The van der Waals surface area contributed by atoms with Gasteiger partial charge in [-0.25, -0.2) is 17.6 Å². The molecule has 10 heteroatoms. The summed E-state index contributed by atoms with van der Waals surface area (Å²) in [7, 11) is 0. The van der Waals surface area contributed by atoms with Crippen LogP contribution in [-0.4, -0.2) is 43.3 Å². The molecule has 1 N–H and O–H groups in total. The van der Waals surface area contributed by atoms with Crippen molar-refractivity contribution in [3.05, 3.63) is 59.4 Å². The highest BCUT2D eigenvalue weighted by Crippen LogP contribution is 2.34. The minimum atomic E-state index is -2.78. The Kier molecular flexibility index (Phi) is 5.96. The van der Waals surface area contributed by atoms with Crippen molar-refractivity contribution >= 4 is 28.2 Å². The van der Waals surface area contributed by atoms with Gasteiger partial charge in [0.1, 0.15) is 23.3 Å². The number of anilines is 2. The molecule has 0 fully saturated rings. The van der Waals surface area contributed by atoms with Crippen LogP contribution < -0.4 is 4.90 Å². The molecule has 0 spiro atoms. The number of halogens is 4. The normalized spacial score (nSPS) is 12.3. The van der Waals surface area contributed by atoms with E-state index in [9.17, 15) is 22.7 Å². The second-order valence-electron chi connectivity index (χ2n) is 8.61. The molecule has 0 saturated carbocycles. The van der Waals surface area contributed by atoms with E-state index >= 15 is 0 Å². The number of fused-ring (bicyclic) bond motifs is 3. The maximum atomic E-state index is 14.5. The van der Waals surface area contributed by atoms with Gasteiger partial charge in [-0.3, -0.25) is 4.40 Å². The van der Waals surface area contributed by atoms with Crippen LogP contribution in [0, 0.1) is 18.6 Å². The van der Waals surface area contributed by atoms with Crippen LogP contribution in [0.15, 0.2) is 36.4 Å². The van der Waals surface area contributed by atoms with Crippen LogP contribution in [0.5, 0.6) is 0 Å². The van der Waals surface area contributed by atoms with Crippen LogP contribution in [0.3, 0.4) is 0 Å². The van der Waals surface area contributed by atoms with E-state index in [-0.39, 0.29) is 22.7 Å². The minimum Gasteiger partial charge on any atom is -0.390 e. The van der Waals surface area contributed by atoms with Crippen molar-refractivity contribution in [3.63, 3.8) is 0 Å². The van der Waals surface area contributed by atoms with Gasteiger partial charge in [0.25, 0.3) is 12.2 Å². The van der Waals surface area contributed by atoms with E-state index in [2.05, 4.69) is 15.2 Å². The average molecular weight is 461 g/mol. The summed E-state index contributed by atoms with van der Waals surface area (Å²) in [5.41, 5.74) is 0.180. The molecule has 0 aliphatic carbocycles. The first-order chi connectivity index (χ1) is 15.5. The summed E-state index contributed by atoms with van der Waals surface area (Å²) in [6, 6.07) is 7.94. The molecule has 0 atom stereocenters. The molecule has 0 radical (unpaired) electrons. The molecule has 33 heavy (non-hydrogen) atoms. The Hall–Kier alpha value is -3.27. The Morgan fingerprint density at radius 1 is 1.06 bits per heavy atom. The molecule has 0 saturated heterocycles. The Morgan fingerprint density at radius 3 is 2.52 bits per heavy atom. The van der Waals surface area contributed by atoms with Crippen molar-refractivity contribution in [2.45, 2.75) is 45.6 Å². The number of nitrogens with zero attached hydrogens (tertiary/aromatic N) is 5. The molecule has 4 aromatic rings. The van der Waals surface area contributed by atoms with Gasteiger partial charge in [-0.2, -0.15) is 4.98 Å². The molecule has 2 aromatic heterocycles. The number of alkyl halides is 2. The third-order valence-electron chi connectivity index (χ3n) is 5.31. The van der Waals surface area contributed by atoms with Crippen molar-refractivity contribution in [2.75, 3.05) is 11.4 Å². The molecule has 6 nitrogen and oxygen atoms in total. The van der Waals surface area contributed by atoms with Crippen LogP contribution in [0.4, 0.5) is 29.1 Å². The molecular weight excluding hydrogens is 438 g/mol. The number of aliphatic hydroxyl groups is 1. The quantitative estimate of drug-likeness (QED) is 0.394. The highest BCUT2D eigenvalue weighted by molar-refractivity contribution is 5.93. The van der Waals surface area contributed by atoms with E-state index in [0.717, 1.165) is 11.0 Å². The van der Waals surface area contributed by atoms with Crippen molar-refractivity contribution in [3.8, 4) is 0 Å². The Balaban J connectivity index is 1.91. The van der Waals surface area contributed by atoms with Gasteiger partial charge in [0.15, 0.2) is 0 Å². The van der Waals surface area contributed by atoms with E-state index in [0.29, 0.717) is 29.7 Å². The smallest absolute Gasteiger partial charge is 0.257 e. The highest BCUT2D eigenvalue weighted by atomic mass is 19.3. The van der Waals surface area contributed by atoms with Crippen LogP contribution in [-0.2, 0) is 6.42 Å². The second-order valence-corrected chi connectivity index (χ2v) is 8.61. The fraction of sp³-hybridized carbons (Fsp3) is 0.348. The van der Waals surface area contributed by atoms with Gasteiger partial charge in [-0.15, -0.1) is 10.2 Å². The zero-order valence-corrected chi connectivity index (χ0v) is 18.4. The Morgan fingerprint density at radius 2 is 1.82 bits per heavy atom. The summed E-state index contributed by atoms with van der Waals surface area (Å²) >= 11 is 0. The first-order valence-corrected chi connectivity index (χ1v) is 10.4. The summed E-state index contributed by atoms with van der Waals surface area (Å²) in [6.45, 7) is 4.17. The van der Waals surface area contributed by atoms with E-state index in [1.54, 1.807) is 31.2 Å². The summed E-state index contributed by atoms with van der Waals surface area (Å²) < 4.78 is 57.6. The topological polar surface area (TPSA) is 66.5 Å². The molecule has 0 amide bonds. The van der Waals surface area contributed by atoms with Crippen molar-refractivity contribution in [2.24, 2.45) is 0 Å². The molecule has 0 aliphatic heterocycles. The van der Waals surface area contributed by atoms with Gasteiger partial charge in [0.2, 0.25) is 0 Å². The predicted molar refractivity (Wildman–Crippen MR) is 117 cm³/mol. The lowest BCUT2D eigenvalue weighted by Crippen LogP contribution is -2.26. The maximum Gasteiger partial charge on any atom is 0.257 e. The fourth-order valence-corrected chi connectivity index (χ4v) is 3.78. The SMILES string of the molecule is Cc1nnc2nc(N(CC(F)F)c3cc(F)cc(CCC(C)(C)O)c3)c3cc(F)ccc3n12. The first kappa shape index (κ1) is 22.9. The lowest BCUT2D eigenvalue weighted by atomic mass is 9.98. The van der Waals surface area contributed by atoms with Crippen LogP contribution in [0.2, 0.25) is 0 Å². The van der Waals surface area contributed by atoms with Gasteiger partial charge in [0.05, 0.1) is 17.7 Å². The van der Waals surface area contributed by atoms with Gasteiger partial charge in [0, 0.05) is 11.1 Å². The van der Waals surface area contributed by atoms with Crippen molar-refractivity contribution < 1.29 is 22.7 Å². The standard InChI is InChI=1S/C23H23F4N5O/c1-13-29-30-22-28-21(18-11-15(24)4-5-19(18)32(13)22)31(12-20(26)27)17-9-14(8-16(25)10-17)6-7-23(2,3)33/h4-5,8-11,20,33H,6-7,12H2,1-3H3. The first-order valence-electron chi connectivity index (χ1n) is 10.4. The van der Waals surface area contributed by atoms with E-state index < -0.39 is 30.2 Å². The van der Waals surface area contributed by atoms with Crippen LogP contribution in [0.1, 0.15) is 31.7 Å². The summed E-state index contributed by atoms with van der Waals surface area (Å²) in [6.07, 6.45) is -2.10. The van der Waals surface area contributed by atoms with Crippen LogP contribution in [0.25, 0.3) is 16.7 Å². The van der Waals surface area contributed by atoms with Gasteiger partial charge >= 0.3 is 0 Å². The zero-order valence-electron chi connectivity index (χ0n) is 18.4. The summed E-state index contributed by atoms with van der Waals surface area (Å²) in [4.78, 5) is 5.55. The molecular formula is C23H23F4N5O. The largest absolute Gasteiger partial charge is 0.390 e. The van der Waals surface area contributed by atoms with E-state index in [1.807, 2.05) is 0 Å². The number of benzene rings is 2. The van der Waals surface area contributed by atoms with Crippen molar-refractivity contribution in [1.29, 1.82) is 0 Å².